The topological polar surface area (TPSA) is 63.2 Å². The van der Waals surface area contributed by atoms with E-state index in [1.54, 1.807) is 19.2 Å². The number of hydrogen-bond donors (Lipinski definition) is 2. The summed E-state index contributed by atoms with van der Waals surface area (Å²) in [5.74, 6) is 0.500. The highest BCUT2D eigenvalue weighted by Gasteiger charge is 2.20. The van der Waals surface area contributed by atoms with Crippen LogP contribution in [0.15, 0.2) is 18.3 Å². The van der Waals surface area contributed by atoms with Crippen molar-refractivity contribution in [1.82, 2.24) is 4.98 Å². The first-order valence-electron chi connectivity index (χ1n) is 5.44. The van der Waals surface area contributed by atoms with Gasteiger partial charge in [0.2, 0.25) is 0 Å². The van der Waals surface area contributed by atoms with Crippen molar-refractivity contribution in [3.05, 3.63) is 18.3 Å². The molecule has 1 aromatic rings. The summed E-state index contributed by atoms with van der Waals surface area (Å²) in [6.45, 7) is 2.11. The number of nitrogens with one attached hydrogen (secondary N) is 2. The summed E-state index contributed by atoms with van der Waals surface area (Å²) < 4.78 is 4.74. The molecule has 5 heteroatoms. The summed E-state index contributed by atoms with van der Waals surface area (Å²) in [5.41, 5.74) is 0.983. The molecule has 0 radical (unpaired) electrons. The van der Waals surface area contributed by atoms with E-state index in [-0.39, 0.29) is 0 Å². The largest absolute Gasteiger partial charge is 0.450 e. The minimum Gasteiger partial charge on any atom is -0.450 e. The Labute approximate surface area is 94.2 Å². The molecule has 1 aliphatic carbocycles. The van der Waals surface area contributed by atoms with E-state index in [1.165, 1.54) is 12.8 Å². The number of amides is 1. The first kappa shape index (κ1) is 10.7. The second kappa shape index (κ2) is 4.83. The minimum absolute atomic E-state index is 0.354. The number of nitrogens with zero attached hydrogens (tertiary/aromatic N) is 1. The Bertz CT molecular complexity index is 360. The van der Waals surface area contributed by atoms with Gasteiger partial charge in [-0.3, -0.25) is 5.32 Å². The molecule has 2 rings (SSSR count). The fraction of sp³-hybridized carbons (Fsp3) is 0.455. The third kappa shape index (κ3) is 3.12. The van der Waals surface area contributed by atoms with Gasteiger partial charge in [0.1, 0.15) is 5.82 Å². The molecule has 1 aliphatic rings. The zero-order chi connectivity index (χ0) is 11.4. The molecule has 1 amide bonds. The standard InChI is InChI=1S/C11H15N3O2/c1-2-16-11(15)14-10-6-5-9(7-12-10)13-8-3-4-8/h5-8,13H,2-4H2,1H3,(H,12,14,15). The second-order valence-electron chi connectivity index (χ2n) is 3.70. The molecule has 0 unspecified atom stereocenters. The van der Waals surface area contributed by atoms with Gasteiger partial charge in [-0.05, 0) is 31.9 Å². The lowest BCUT2D eigenvalue weighted by Gasteiger charge is -2.06. The summed E-state index contributed by atoms with van der Waals surface area (Å²) in [5, 5.41) is 5.85. The van der Waals surface area contributed by atoms with Crippen LogP contribution in [0.4, 0.5) is 16.3 Å². The van der Waals surface area contributed by atoms with E-state index >= 15 is 0 Å². The quantitative estimate of drug-likeness (QED) is 0.818. The van der Waals surface area contributed by atoms with Crippen molar-refractivity contribution < 1.29 is 9.53 Å². The molecule has 0 spiro atoms. The van der Waals surface area contributed by atoms with Gasteiger partial charge in [0.25, 0.3) is 0 Å². The van der Waals surface area contributed by atoms with Crippen molar-refractivity contribution >= 4 is 17.6 Å². The van der Waals surface area contributed by atoms with Gasteiger partial charge in [-0.1, -0.05) is 0 Å². The molecule has 0 aromatic carbocycles. The van der Waals surface area contributed by atoms with Crippen molar-refractivity contribution in [3.8, 4) is 0 Å². The highest BCUT2D eigenvalue weighted by molar-refractivity contribution is 5.83. The van der Waals surface area contributed by atoms with Crippen molar-refractivity contribution in [3.63, 3.8) is 0 Å². The van der Waals surface area contributed by atoms with Gasteiger partial charge < -0.3 is 10.1 Å². The molecule has 0 aliphatic heterocycles. The molecule has 1 saturated carbocycles. The molecular weight excluding hydrogens is 206 g/mol. The van der Waals surface area contributed by atoms with Crippen LogP contribution in [0.3, 0.4) is 0 Å². The third-order valence-corrected chi connectivity index (χ3v) is 2.22. The first-order chi connectivity index (χ1) is 7.78. The first-order valence-corrected chi connectivity index (χ1v) is 5.44. The fourth-order valence-corrected chi connectivity index (χ4v) is 1.29. The molecule has 5 nitrogen and oxygen atoms in total. The Morgan fingerprint density at radius 1 is 1.56 bits per heavy atom. The summed E-state index contributed by atoms with van der Waals surface area (Å²) in [6.07, 6.45) is 3.68. The molecule has 86 valence electrons. The molecule has 0 atom stereocenters. The number of carbonyl (C=O) groups is 1. The Kier molecular flexibility index (Phi) is 3.24. The summed E-state index contributed by atoms with van der Waals surface area (Å²) in [4.78, 5) is 15.2. The summed E-state index contributed by atoms with van der Waals surface area (Å²) >= 11 is 0. The molecule has 0 bridgehead atoms. The molecule has 1 aromatic heterocycles. The molecule has 2 N–H and O–H groups in total. The van der Waals surface area contributed by atoms with Crippen molar-refractivity contribution in [2.45, 2.75) is 25.8 Å². The van der Waals surface area contributed by atoms with Crippen molar-refractivity contribution in [2.75, 3.05) is 17.2 Å². The maximum atomic E-state index is 11.1. The van der Waals surface area contributed by atoms with Crippen LogP contribution in [0, 0.1) is 0 Å². The predicted molar refractivity (Wildman–Crippen MR) is 61.5 cm³/mol. The zero-order valence-corrected chi connectivity index (χ0v) is 9.19. The maximum Gasteiger partial charge on any atom is 0.412 e. The Morgan fingerprint density at radius 2 is 2.38 bits per heavy atom. The Hall–Kier alpha value is -1.78. The lowest BCUT2D eigenvalue weighted by atomic mass is 10.4. The van der Waals surface area contributed by atoms with Gasteiger partial charge in [-0.15, -0.1) is 0 Å². The van der Waals surface area contributed by atoms with Gasteiger partial charge in [-0.25, -0.2) is 9.78 Å². The van der Waals surface area contributed by atoms with Crippen LogP contribution in [0.1, 0.15) is 19.8 Å². The van der Waals surface area contributed by atoms with Crippen LogP contribution in [0.2, 0.25) is 0 Å². The molecule has 16 heavy (non-hydrogen) atoms. The van der Waals surface area contributed by atoms with Gasteiger partial charge in [0.05, 0.1) is 18.5 Å². The number of carbonyl (C=O) groups excluding carboxylic acids is 1. The zero-order valence-electron chi connectivity index (χ0n) is 9.19. The number of rotatable bonds is 4. The molecule has 1 fully saturated rings. The van der Waals surface area contributed by atoms with Gasteiger partial charge in [0.15, 0.2) is 0 Å². The molecule has 1 heterocycles. The molecule has 0 saturated heterocycles. The Balaban J connectivity index is 1.87. The highest BCUT2D eigenvalue weighted by Crippen LogP contribution is 2.24. The van der Waals surface area contributed by atoms with E-state index in [4.69, 9.17) is 4.74 Å². The van der Waals surface area contributed by atoms with Crippen LogP contribution in [-0.2, 0) is 4.74 Å². The van der Waals surface area contributed by atoms with Gasteiger partial charge >= 0.3 is 6.09 Å². The minimum atomic E-state index is -0.474. The third-order valence-electron chi connectivity index (χ3n) is 2.22. The SMILES string of the molecule is CCOC(=O)Nc1ccc(NC2CC2)cn1. The van der Waals surface area contributed by atoms with Crippen molar-refractivity contribution in [1.29, 1.82) is 0 Å². The highest BCUT2D eigenvalue weighted by atomic mass is 16.5. The van der Waals surface area contributed by atoms with E-state index in [1.807, 2.05) is 6.07 Å². The lowest BCUT2D eigenvalue weighted by molar-refractivity contribution is 0.168. The monoisotopic (exact) mass is 221 g/mol. The van der Waals surface area contributed by atoms with Crippen LogP contribution >= 0.6 is 0 Å². The molecular formula is C11H15N3O2. The van der Waals surface area contributed by atoms with E-state index < -0.39 is 6.09 Å². The second-order valence-corrected chi connectivity index (χ2v) is 3.70. The average molecular weight is 221 g/mol. The predicted octanol–water partition coefficient (Wildman–Crippen LogP) is 2.22. The van der Waals surface area contributed by atoms with Gasteiger partial charge in [0, 0.05) is 6.04 Å². The summed E-state index contributed by atoms with van der Waals surface area (Å²) in [7, 11) is 0. The number of anilines is 2. The van der Waals surface area contributed by atoms with E-state index in [2.05, 4.69) is 15.6 Å². The van der Waals surface area contributed by atoms with Crippen LogP contribution in [-0.4, -0.2) is 23.7 Å². The fourth-order valence-electron chi connectivity index (χ4n) is 1.29. The van der Waals surface area contributed by atoms with Crippen LogP contribution < -0.4 is 10.6 Å². The number of pyridine rings is 1. The Morgan fingerprint density at radius 3 is 2.94 bits per heavy atom. The normalized spacial score (nSPS) is 14.3. The number of aromatic nitrogens is 1. The number of hydrogen-bond acceptors (Lipinski definition) is 4. The summed E-state index contributed by atoms with van der Waals surface area (Å²) in [6, 6.07) is 4.25. The number of ether oxygens (including phenoxy) is 1. The maximum absolute atomic E-state index is 11.1. The van der Waals surface area contributed by atoms with E-state index in [0.29, 0.717) is 18.5 Å². The van der Waals surface area contributed by atoms with Gasteiger partial charge in [-0.2, -0.15) is 0 Å². The average Bonchev–Trinajstić information content (AvgIpc) is 3.05. The van der Waals surface area contributed by atoms with E-state index in [0.717, 1.165) is 5.69 Å². The smallest absolute Gasteiger partial charge is 0.412 e. The van der Waals surface area contributed by atoms with Crippen LogP contribution in [0.5, 0.6) is 0 Å². The van der Waals surface area contributed by atoms with Crippen LogP contribution in [0.25, 0.3) is 0 Å². The van der Waals surface area contributed by atoms with Crippen molar-refractivity contribution in [2.24, 2.45) is 0 Å². The van der Waals surface area contributed by atoms with E-state index in [9.17, 15) is 4.79 Å². The lowest BCUT2D eigenvalue weighted by Crippen LogP contribution is -2.14.